The molecule has 2 heteroatoms. The van der Waals surface area contributed by atoms with Gasteiger partial charge in [0.05, 0.1) is 0 Å². The van der Waals surface area contributed by atoms with Gasteiger partial charge in [-0.05, 0) is 38.4 Å². The molecular formula is C8H16N2. The van der Waals surface area contributed by atoms with Gasteiger partial charge in [-0.3, -0.25) is 0 Å². The molecule has 0 heterocycles. The highest BCUT2D eigenvalue weighted by molar-refractivity contribution is 5.00. The zero-order valence-corrected chi connectivity index (χ0v) is 6.72. The smallest absolute Gasteiger partial charge is 0.0113 e. The normalized spacial score (nSPS) is 11.0. The highest BCUT2D eigenvalue weighted by atomic mass is 14.8. The maximum absolute atomic E-state index is 3.07. The second-order valence-electron chi connectivity index (χ2n) is 1.83. The Kier molecular flexibility index (Phi) is 7.34. The average Bonchev–Trinajstić information content (AvgIpc) is 1.97. The van der Waals surface area contributed by atoms with E-state index in [4.69, 9.17) is 0 Å². The molecule has 10 heavy (non-hydrogen) atoms. The van der Waals surface area contributed by atoms with Crippen LogP contribution in [0.1, 0.15) is 13.8 Å². The van der Waals surface area contributed by atoms with E-state index in [1.165, 1.54) is 0 Å². The topological polar surface area (TPSA) is 24.1 Å². The molecule has 2 nitrogen and oxygen atoms in total. The number of hydrogen-bond acceptors (Lipinski definition) is 2. The molecule has 0 bridgehead atoms. The molecule has 0 fully saturated rings. The fourth-order valence-electron chi connectivity index (χ4n) is 0.483. The van der Waals surface area contributed by atoms with Crippen molar-refractivity contribution in [3.63, 3.8) is 0 Å². The second-order valence-corrected chi connectivity index (χ2v) is 1.83. The molecular weight excluding hydrogens is 124 g/mol. The molecule has 0 atom stereocenters. The van der Waals surface area contributed by atoms with Gasteiger partial charge in [-0.25, -0.2) is 0 Å². The minimum Gasteiger partial charge on any atom is -0.391 e. The van der Waals surface area contributed by atoms with Crippen LogP contribution in [-0.2, 0) is 0 Å². The number of rotatable bonds is 5. The zero-order chi connectivity index (χ0) is 7.66. The lowest BCUT2D eigenvalue weighted by atomic mass is 10.5. The van der Waals surface area contributed by atoms with Gasteiger partial charge < -0.3 is 10.6 Å². The minimum absolute atomic E-state index is 0.978. The Balaban J connectivity index is 3.15. The van der Waals surface area contributed by atoms with E-state index < -0.39 is 0 Å². The SMILES string of the molecule is CCN/C=C/C=C/NCC. The summed E-state index contributed by atoms with van der Waals surface area (Å²) in [5, 5.41) is 6.13. The Hall–Kier alpha value is -0.920. The van der Waals surface area contributed by atoms with Gasteiger partial charge in [0.1, 0.15) is 0 Å². The Morgan fingerprint density at radius 3 is 1.60 bits per heavy atom. The lowest BCUT2D eigenvalue weighted by Crippen LogP contribution is -2.02. The molecule has 0 aromatic carbocycles. The molecule has 58 valence electrons. The molecule has 0 rings (SSSR count). The van der Waals surface area contributed by atoms with E-state index in [-0.39, 0.29) is 0 Å². The summed E-state index contributed by atoms with van der Waals surface area (Å²) in [6.07, 6.45) is 7.78. The van der Waals surface area contributed by atoms with Crippen molar-refractivity contribution in [1.29, 1.82) is 0 Å². The van der Waals surface area contributed by atoms with Crippen molar-refractivity contribution >= 4 is 0 Å². The number of nitrogens with one attached hydrogen (secondary N) is 2. The third kappa shape index (κ3) is 7.08. The van der Waals surface area contributed by atoms with Crippen LogP contribution in [0.5, 0.6) is 0 Å². The molecule has 0 aliphatic heterocycles. The van der Waals surface area contributed by atoms with Gasteiger partial charge in [0.25, 0.3) is 0 Å². The van der Waals surface area contributed by atoms with Crippen molar-refractivity contribution in [1.82, 2.24) is 10.6 Å². The van der Waals surface area contributed by atoms with Gasteiger partial charge in [0.15, 0.2) is 0 Å². The molecule has 2 N–H and O–H groups in total. The van der Waals surface area contributed by atoms with E-state index in [1.54, 1.807) is 0 Å². The molecule has 0 unspecified atom stereocenters. The number of hydrogen-bond donors (Lipinski definition) is 2. The largest absolute Gasteiger partial charge is 0.391 e. The van der Waals surface area contributed by atoms with Gasteiger partial charge in [-0.2, -0.15) is 0 Å². The highest BCUT2D eigenvalue weighted by Gasteiger charge is 1.65. The first-order valence-corrected chi connectivity index (χ1v) is 3.70. The minimum atomic E-state index is 0.978. The maximum atomic E-state index is 3.07. The Morgan fingerprint density at radius 2 is 1.30 bits per heavy atom. The van der Waals surface area contributed by atoms with Crippen LogP contribution in [0.15, 0.2) is 24.6 Å². The Labute approximate surface area is 63.0 Å². The molecule has 0 aliphatic carbocycles. The number of allylic oxidation sites excluding steroid dienone is 2. The molecule has 0 aliphatic rings. The highest BCUT2D eigenvalue weighted by Crippen LogP contribution is 1.70. The first-order chi connectivity index (χ1) is 4.91. The van der Waals surface area contributed by atoms with Crippen molar-refractivity contribution in [2.24, 2.45) is 0 Å². The van der Waals surface area contributed by atoms with E-state index in [2.05, 4.69) is 24.5 Å². The molecule has 0 spiro atoms. The van der Waals surface area contributed by atoms with Crippen LogP contribution in [-0.4, -0.2) is 13.1 Å². The summed E-state index contributed by atoms with van der Waals surface area (Å²) in [7, 11) is 0. The van der Waals surface area contributed by atoms with Crippen LogP contribution in [0.2, 0.25) is 0 Å². The maximum Gasteiger partial charge on any atom is 0.0113 e. The first-order valence-electron chi connectivity index (χ1n) is 3.70. The first kappa shape index (κ1) is 9.08. The van der Waals surface area contributed by atoms with Crippen LogP contribution in [0.25, 0.3) is 0 Å². The van der Waals surface area contributed by atoms with E-state index in [9.17, 15) is 0 Å². The third-order valence-electron chi connectivity index (χ3n) is 0.948. The quantitative estimate of drug-likeness (QED) is 0.561. The summed E-state index contributed by atoms with van der Waals surface area (Å²) < 4.78 is 0. The van der Waals surface area contributed by atoms with Crippen LogP contribution in [0.3, 0.4) is 0 Å². The predicted molar refractivity (Wildman–Crippen MR) is 45.6 cm³/mol. The van der Waals surface area contributed by atoms with Crippen LogP contribution < -0.4 is 10.6 Å². The summed E-state index contributed by atoms with van der Waals surface area (Å²) in [5.74, 6) is 0. The van der Waals surface area contributed by atoms with Gasteiger partial charge >= 0.3 is 0 Å². The van der Waals surface area contributed by atoms with Gasteiger partial charge in [-0.15, -0.1) is 0 Å². The molecule has 0 aromatic heterocycles. The van der Waals surface area contributed by atoms with Crippen LogP contribution in [0, 0.1) is 0 Å². The van der Waals surface area contributed by atoms with Crippen molar-refractivity contribution < 1.29 is 0 Å². The van der Waals surface area contributed by atoms with Crippen LogP contribution in [0.4, 0.5) is 0 Å². The van der Waals surface area contributed by atoms with E-state index in [0.717, 1.165) is 13.1 Å². The van der Waals surface area contributed by atoms with Crippen molar-refractivity contribution in [2.75, 3.05) is 13.1 Å². The van der Waals surface area contributed by atoms with Crippen LogP contribution >= 0.6 is 0 Å². The summed E-state index contributed by atoms with van der Waals surface area (Å²) in [4.78, 5) is 0. The summed E-state index contributed by atoms with van der Waals surface area (Å²) in [6.45, 7) is 6.09. The molecule has 0 amide bonds. The fraction of sp³-hybridized carbons (Fsp3) is 0.500. The van der Waals surface area contributed by atoms with Crippen molar-refractivity contribution in [2.45, 2.75) is 13.8 Å². The lowest BCUT2D eigenvalue weighted by Gasteiger charge is -1.89. The monoisotopic (exact) mass is 140 g/mol. The molecule has 0 saturated heterocycles. The predicted octanol–water partition coefficient (Wildman–Crippen LogP) is 1.23. The van der Waals surface area contributed by atoms with E-state index in [1.807, 2.05) is 24.6 Å². The lowest BCUT2D eigenvalue weighted by molar-refractivity contribution is 0.912. The van der Waals surface area contributed by atoms with Gasteiger partial charge in [0, 0.05) is 13.1 Å². The summed E-state index contributed by atoms with van der Waals surface area (Å²) in [6, 6.07) is 0. The van der Waals surface area contributed by atoms with E-state index in [0.29, 0.717) is 0 Å². The van der Waals surface area contributed by atoms with Crippen molar-refractivity contribution in [3.05, 3.63) is 24.6 Å². The summed E-state index contributed by atoms with van der Waals surface area (Å²) >= 11 is 0. The van der Waals surface area contributed by atoms with E-state index >= 15 is 0 Å². The Bertz CT molecular complexity index is 91.8. The van der Waals surface area contributed by atoms with Crippen molar-refractivity contribution in [3.8, 4) is 0 Å². The van der Waals surface area contributed by atoms with Gasteiger partial charge in [0.2, 0.25) is 0 Å². The Morgan fingerprint density at radius 1 is 0.900 bits per heavy atom. The standard InChI is InChI=1S/C8H16N2/c1-3-9-7-5-6-8-10-4-2/h5-10H,3-4H2,1-2H3/b7-5+,8-6+. The third-order valence-corrected chi connectivity index (χ3v) is 0.948. The second kappa shape index (κ2) is 8.08. The molecule has 0 radical (unpaired) electrons. The zero-order valence-electron chi connectivity index (χ0n) is 6.72. The summed E-state index contributed by atoms with van der Waals surface area (Å²) in [5.41, 5.74) is 0. The van der Waals surface area contributed by atoms with Gasteiger partial charge in [-0.1, -0.05) is 0 Å². The molecule has 0 saturated carbocycles. The molecule has 0 aromatic rings. The fourth-order valence-corrected chi connectivity index (χ4v) is 0.483. The average molecular weight is 140 g/mol.